The number of hydrogen-bond donors (Lipinski definition) is 4. The molecule has 0 bridgehead atoms. The molecule has 0 aliphatic carbocycles. The molecule has 0 aliphatic rings. The number of aromatic hydroxyl groups is 1. The minimum Gasteiger partial charge on any atom is -0.506 e. The van der Waals surface area contributed by atoms with Gasteiger partial charge in [-0.05, 0) is 35.7 Å². The van der Waals surface area contributed by atoms with Crippen molar-refractivity contribution < 1.29 is 9.90 Å². The number of nitrogens with one attached hydrogen (secondary N) is 3. The maximum Gasteiger partial charge on any atom is 0.295 e. The number of amides is 1. The van der Waals surface area contributed by atoms with E-state index in [2.05, 4.69) is 37.8 Å². The lowest BCUT2D eigenvalue weighted by Crippen LogP contribution is -2.20. The van der Waals surface area contributed by atoms with Gasteiger partial charge in [0, 0.05) is 42.3 Å². The van der Waals surface area contributed by atoms with Gasteiger partial charge in [-0.2, -0.15) is 0 Å². The molecule has 7 nitrogen and oxygen atoms in total. The molecule has 0 unspecified atom stereocenters. The zero-order valence-corrected chi connectivity index (χ0v) is 19.7. The van der Waals surface area contributed by atoms with Crippen LogP contribution in [0.4, 0.5) is 10.8 Å². The predicted octanol–water partition coefficient (Wildman–Crippen LogP) is 3.83. The summed E-state index contributed by atoms with van der Waals surface area (Å²) in [5, 5.41) is 23.4. The maximum atomic E-state index is 11.2. The molecule has 9 heteroatoms. The van der Waals surface area contributed by atoms with Crippen molar-refractivity contribution in [3.63, 3.8) is 0 Å². The predicted molar refractivity (Wildman–Crippen MR) is 138 cm³/mol. The van der Waals surface area contributed by atoms with Gasteiger partial charge in [-0.1, -0.05) is 35.3 Å². The molecule has 2 heterocycles. The van der Waals surface area contributed by atoms with Crippen molar-refractivity contribution in [2.45, 2.75) is 13.0 Å². The zero-order valence-electron chi connectivity index (χ0n) is 18.1. The first-order valence-electron chi connectivity index (χ1n) is 10.4. The molecule has 1 amide bonds. The first kappa shape index (κ1) is 23.1. The van der Waals surface area contributed by atoms with E-state index in [1.165, 1.54) is 11.3 Å². The van der Waals surface area contributed by atoms with Crippen LogP contribution >= 0.6 is 22.7 Å². The molecule has 4 aromatic rings. The Labute approximate surface area is 205 Å². The fourth-order valence-electron chi connectivity index (χ4n) is 3.13. The SMILES string of the molecule is C#CC(=O)NCc1cccc(NCC#Cc2cc(O)c3nc(NCCc4nccs4)sc3c2)c1. The van der Waals surface area contributed by atoms with E-state index >= 15 is 0 Å². The molecular weight excluding hydrogens is 466 g/mol. The van der Waals surface area contributed by atoms with E-state index in [1.807, 2.05) is 41.6 Å². The van der Waals surface area contributed by atoms with Gasteiger partial charge in [-0.15, -0.1) is 17.8 Å². The summed E-state index contributed by atoms with van der Waals surface area (Å²) in [6.07, 6.45) is 7.68. The molecule has 34 heavy (non-hydrogen) atoms. The number of nitrogens with zero attached hydrogens (tertiary/aromatic N) is 2. The van der Waals surface area contributed by atoms with E-state index in [-0.39, 0.29) is 5.75 Å². The minimum absolute atomic E-state index is 0.112. The Bertz CT molecular complexity index is 1390. The third-order valence-electron chi connectivity index (χ3n) is 4.70. The van der Waals surface area contributed by atoms with Crippen LogP contribution in [-0.4, -0.2) is 34.1 Å². The van der Waals surface area contributed by atoms with Gasteiger partial charge in [0.1, 0.15) is 11.3 Å². The highest BCUT2D eigenvalue weighted by molar-refractivity contribution is 7.22. The summed E-state index contributed by atoms with van der Waals surface area (Å²) in [4.78, 5) is 20.0. The van der Waals surface area contributed by atoms with Crippen molar-refractivity contribution in [2.75, 3.05) is 23.7 Å². The second-order valence-corrected chi connectivity index (χ2v) is 9.16. The van der Waals surface area contributed by atoms with E-state index in [0.717, 1.165) is 44.6 Å². The van der Waals surface area contributed by atoms with Gasteiger partial charge in [-0.25, -0.2) is 9.97 Å². The van der Waals surface area contributed by atoms with Crippen LogP contribution in [0.2, 0.25) is 0 Å². The zero-order chi connectivity index (χ0) is 23.8. The highest BCUT2D eigenvalue weighted by Crippen LogP contribution is 2.33. The summed E-state index contributed by atoms with van der Waals surface area (Å²) in [7, 11) is 0. The van der Waals surface area contributed by atoms with Gasteiger partial charge in [0.15, 0.2) is 5.13 Å². The van der Waals surface area contributed by atoms with Gasteiger partial charge in [-0.3, -0.25) is 4.79 Å². The molecule has 0 saturated carbocycles. The molecule has 0 saturated heterocycles. The smallest absolute Gasteiger partial charge is 0.295 e. The molecule has 4 rings (SSSR count). The number of phenols is 1. The van der Waals surface area contributed by atoms with Gasteiger partial charge in [0.2, 0.25) is 0 Å². The molecule has 0 atom stereocenters. The van der Waals surface area contributed by atoms with Crippen LogP contribution in [0.25, 0.3) is 10.2 Å². The van der Waals surface area contributed by atoms with Crippen LogP contribution in [0, 0.1) is 24.2 Å². The van der Waals surface area contributed by atoms with Gasteiger partial charge < -0.3 is 21.1 Å². The molecular formula is C25H21N5O2S2. The summed E-state index contributed by atoms with van der Waals surface area (Å²) in [5.74, 6) is 7.85. The van der Waals surface area contributed by atoms with E-state index in [0.29, 0.717) is 18.6 Å². The average molecular weight is 488 g/mol. The molecule has 0 fully saturated rings. The number of carbonyl (C=O) groups excluding carboxylic acids is 1. The fraction of sp³-hybridized carbons (Fsp3) is 0.160. The topological polar surface area (TPSA) is 99.2 Å². The lowest BCUT2D eigenvalue weighted by Gasteiger charge is -2.06. The number of terminal acetylenes is 1. The Morgan fingerprint density at radius 1 is 1.21 bits per heavy atom. The number of benzene rings is 2. The summed E-state index contributed by atoms with van der Waals surface area (Å²) in [5.41, 5.74) is 3.10. The van der Waals surface area contributed by atoms with Gasteiger partial charge in [0.25, 0.3) is 5.91 Å². The molecule has 4 N–H and O–H groups in total. The van der Waals surface area contributed by atoms with Crippen molar-refractivity contribution in [3.05, 3.63) is 64.1 Å². The largest absolute Gasteiger partial charge is 0.506 e. The highest BCUT2D eigenvalue weighted by atomic mass is 32.1. The van der Waals surface area contributed by atoms with Crippen molar-refractivity contribution in [1.82, 2.24) is 15.3 Å². The van der Waals surface area contributed by atoms with Crippen molar-refractivity contribution in [1.29, 1.82) is 0 Å². The molecule has 0 aliphatic heterocycles. The fourth-order valence-corrected chi connectivity index (χ4v) is 4.70. The minimum atomic E-state index is -0.441. The van der Waals surface area contributed by atoms with Crippen LogP contribution in [0.3, 0.4) is 0 Å². The normalized spacial score (nSPS) is 10.2. The Kier molecular flexibility index (Phi) is 7.61. The average Bonchev–Trinajstić information content (AvgIpc) is 3.51. The van der Waals surface area contributed by atoms with Crippen LogP contribution in [0.5, 0.6) is 5.75 Å². The Morgan fingerprint density at radius 2 is 2.12 bits per heavy atom. The van der Waals surface area contributed by atoms with E-state index in [4.69, 9.17) is 6.42 Å². The standard InChI is InChI=1S/C25H21N5O2S2/c1-2-22(32)29-16-18-5-3-7-19(13-18)26-9-4-6-17-14-20(31)24-21(15-17)34-25(30-24)28-10-8-23-27-11-12-33-23/h1,3,5,7,11-15,26,31H,8-10,16H2,(H,28,30)(H,29,32). The Balaban J connectivity index is 1.34. The molecule has 170 valence electrons. The van der Waals surface area contributed by atoms with Crippen LogP contribution in [0.15, 0.2) is 48.0 Å². The molecule has 2 aromatic carbocycles. The van der Waals surface area contributed by atoms with Crippen molar-refractivity contribution >= 4 is 49.6 Å². The number of anilines is 2. The second-order valence-electron chi connectivity index (χ2n) is 7.15. The van der Waals surface area contributed by atoms with Crippen LogP contribution in [-0.2, 0) is 17.8 Å². The quantitative estimate of drug-likeness (QED) is 0.282. The summed E-state index contributed by atoms with van der Waals surface area (Å²) < 4.78 is 0.871. The van der Waals surface area contributed by atoms with Gasteiger partial charge >= 0.3 is 0 Å². The third-order valence-corrected chi connectivity index (χ3v) is 6.50. The second kappa shape index (κ2) is 11.2. The number of phenolic OH excluding ortho intramolecular Hbond substituents is 1. The maximum absolute atomic E-state index is 11.2. The first-order chi connectivity index (χ1) is 16.6. The summed E-state index contributed by atoms with van der Waals surface area (Å²) >= 11 is 3.11. The van der Waals surface area contributed by atoms with Gasteiger partial charge in [0.05, 0.1) is 16.3 Å². The molecule has 0 spiro atoms. The Hall–Kier alpha value is -4.05. The number of aromatic nitrogens is 2. The first-order valence-corrected chi connectivity index (χ1v) is 12.1. The van der Waals surface area contributed by atoms with E-state index < -0.39 is 5.91 Å². The van der Waals surface area contributed by atoms with Crippen molar-refractivity contribution in [2.24, 2.45) is 0 Å². The molecule has 2 aromatic heterocycles. The lowest BCUT2D eigenvalue weighted by molar-refractivity contribution is -0.115. The van der Waals surface area contributed by atoms with E-state index in [1.54, 1.807) is 23.6 Å². The molecule has 0 radical (unpaired) electrons. The highest BCUT2D eigenvalue weighted by Gasteiger charge is 2.09. The van der Waals surface area contributed by atoms with Crippen LogP contribution in [0.1, 0.15) is 16.1 Å². The summed E-state index contributed by atoms with van der Waals surface area (Å²) in [6.45, 7) is 1.51. The van der Waals surface area contributed by atoms with Crippen LogP contribution < -0.4 is 16.0 Å². The number of fused-ring (bicyclic) bond motifs is 1. The number of rotatable bonds is 8. The number of hydrogen-bond acceptors (Lipinski definition) is 8. The monoisotopic (exact) mass is 487 g/mol. The Morgan fingerprint density at radius 3 is 2.94 bits per heavy atom. The lowest BCUT2D eigenvalue weighted by atomic mass is 10.2. The number of thiazole rings is 2. The van der Waals surface area contributed by atoms with E-state index in [9.17, 15) is 9.90 Å². The third kappa shape index (κ3) is 6.26. The van der Waals surface area contributed by atoms with Crippen molar-refractivity contribution in [3.8, 4) is 29.9 Å². The number of carbonyl (C=O) groups is 1. The summed E-state index contributed by atoms with van der Waals surface area (Å²) in [6, 6.07) is 11.2.